The van der Waals surface area contributed by atoms with Crippen molar-refractivity contribution >= 4 is 18.1 Å². The van der Waals surface area contributed by atoms with Gasteiger partial charge in [0.2, 0.25) is 5.96 Å². The van der Waals surface area contributed by atoms with Gasteiger partial charge in [-0.3, -0.25) is 0 Å². The Bertz CT molecular complexity index is 655. The number of aromatic nitrogens is 2. The first-order valence-corrected chi connectivity index (χ1v) is 9.75. The summed E-state index contributed by atoms with van der Waals surface area (Å²) < 4.78 is 12.2. The Labute approximate surface area is 167 Å². The molecular weight excluding hydrogens is 360 g/mol. The summed E-state index contributed by atoms with van der Waals surface area (Å²) in [6, 6.07) is 1.69. The van der Waals surface area contributed by atoms with Crippen LogP contribution in [0, 0.1) is 0 Å². The van der Waals surface area contributed by atoms with Gasteiger partial charge in [0.15, 0.2) is 0 Å². The van der Waals surface area contributed by atoms with E-state index >= 15 is 0 Å². The lowest BCUT2D eigenvalue weighted by Crippen LogP contribution is -2.45. The van der Waals surface area contributed by atoms with Crippen LogP contribution >= 0.6 is 0 Å². The average molecular weight is 395 g/mol. The van der Waals surface area contributed by atoms with Crippen molar-refractivity contribution in [3.63, 3.8) is 0 Å². The second-order valence-electron chi connectivity index (χ2n) is 8.54. The minimum atomic E-state index is -0.792. The molecule has 8 nitrogen and oxygen atoms in total. The first-order valence-electron chi connectivity index (χ1n) is 9.75. The first kappa shape index (κ1) is 23.7. The summed E-state index contributed by atoms with van der Waals surface area (Å²) >= 11 is 0. The third-order valence-corrected chi connectivity index (χ3v) is 3.38. The molecule has 8 heteroatoms. The van der Waals surface area contributed by atoms with Gasteiger partial charge in [-0.15, -0.1) is 4.99 Å². The van der Waals surface area contributed by atoms with Gasteiger partial charge < -0.3 is 9.47 Å². The molecule has 158 valence electrons. The summed E-state index contributed by atoms with van der Waals surface area (Å²) in [4.78, 5) is 30.6. The number of rotatable bonds is 5. The van der Waals surface area contributed by atoms with Gasteiger partial charge in [-0.25, -0.2) is 19.2 Å². The number of nitrogens with zero attached hydrogens (tertiary/aromatic N) is 4. The van der Waals surface area contributed by atoms with Gasteiger partial charge in [0, 0.05) is 18.9 Å². The van der Waals surface area contributed by atoms with Gasteiger partial charge in [-0.1, -0.05) is 26.2 Å². The number of hydrogen-bond acceptors (Lipinski definition) is 5. The van der Waals surface area contributed by atoms with Crippen LogP contribution in [0.25, 0.3) is 0 Å². The summed E-state index contributed by atoms with van der Waals surface area (Å²) in [5, 5.41) is 4.14. The molecule has 0 unspecified atom stereocenters. The molecule has 0 aliphatic rings. The zero-order valence-electron chi connectivity index (χ0n) is 18.2. The van der Waals surface area contributed by atoms with E-state index in [2.05, 4.69) is 17.0 Å². The second kappa shape index (κ2) is 10.2. The fraction of sp³-hybridized carbons (Fsp3) is 0.700. The van der Waals surface area contributed by atoms with E-state index in [1.54, 1.807) is 60.0 Å². The highest BCUT2D eigenvalue weighted by molar-refractivity contribution is 5.99. The lowest BCUT2D eigenvalue weighted by atomic mass is 10.2. The maximum Gasteiger partial charge on any atom is 0.437 e. The molecule has 28 heavy (non-hydrogen) atoms. The van der Waals surface area contributed by atoms with Crippen molar-refractivity contribution in [1.29, 1.82) is 0 Å². The number of carbonyl (C=O) groups excluding carboxylic acids is 2. The Morgan fingerprint density at radius 3 is 2.18 bits per heavy atom. The summed E-state index contributed by atoms with van der Waals surface area (Å²) in [6.45, 7) is 13.1. The van der Waals surface area contributed by atoms with Crippen LogP contribution in [0.1, 0.15) is 74.1 Å². The minimum Gasteiger partial charge on any atom is -0.443 e. The molecule has 0 spiro atoms. The van der Waals surface area contributed by atoms with Crippen molar-refractivity contribution in [3.8, 4) is 0 Å². The SMILES string of the molecule is CCCCCCN(C(=O)OC(C)(C)C)/C(=N\C(=O)OC(C)(C)C)n1cccn1. The number of amides is 2. The molecular formula is C20H34N4O4. The molecule has 0 atom stereocenters. The van der Waals surface area contributed by atoms with Crippen molar-refractivity contribution in [2.75, 3.05) is 6.54 Å². The molecule has 0 fully saturated rings. The highest BCUT2D eigenvalue weighted by Crippen LogP contribution is 2.14. The predicted octanol–water partition coefficient (Wildman–Crippen LogP) is 4.84. The van der Waals surface area contributed by atoms with Crippen LogP contribution in [0.3, 0.4) is 0 Å². The largest absolute Gasteiger partial charge is 0.443 e. The molecule has 1 aromatic rings. The molecule has 0 saturated heterocycles. The summed E-state index contributed by atoms with van der Waals surface area (Å²) in [7, 11) is 0. The van der Waals surface area contributed by atoms with Crippen LogP contribution < -0.4 is 0 Å². The number of hydrogen-bond donors (Lipinski definition) is 0. The molecule has 1 heterocycles. The molecule has 0 aromatic carbocycles. The molecule has 0 bridgehead atoms. The maximum atomic E-state index is 12.9. The predicted molar refractivity (Wildman–Crippen MR) is 108 cm³/mol. The summed E-state index contributed by atoms with van der Waals surface area (Å²) in [6.07, 6.45) is 5.63. The third kappa shape index (κ3) is 9.01. The Morgan fingerprint density at radius 1 is 1.04 bits per heavy atom. The zero-order chi connectivity index (χ0) is 21.4. The van der Waals surface area contributed by atoms with Crippen LogP contribution in [-0.2, 0) is 9.47 Å². The summed E-state index contributed by atoms with van der Waals surface area (Å²) in [5.41, 5.74) is -1.38. The van der Waals surface area contributed by atoms with E-state index in [1.807, 2.05) is 0 Å². The van der Waals surface area contributed by atoms with Gasteiger partial charge in [0.05, 0.1) is 0 Å². The molecule has 1 rings (SSSR count). The van der Waals surface area contributed by atoms with Crippen LogP contribution in [0.2, 0.25) is 0 Å². The quantitative estimate of drug-likeness (QED) is 0.405. The van der Waals surface area contributed by atoms with E-state index in [0.717, 1.165) is 25.7 Å². The average Bonchev–Trinajstić information content (AvgIpc) is 3.04. The van der Waals surface area contributed by atoms with Crippen molar-refractivity contribution < 1.29 is 19.1 Å². The fourth-order valence-electron chi connectivity index (χ4n) is 2.28. The monoisotopic (exact) mass is 394 g/mol. The Morgan fingerprint density at radius 2 is 1.68 bits per heavy atom. The van der Waals surface area contributed by atoms with Crippen LogP contribution in [0.5, 0.6) is 0 Å². The Kier molecular flexibility index (Phi) is 8.65. The molecule has 1 aromatic heterocycles. The smallest absolute Gasteiger partial charge is 0.437 e. The molecule has 0 aliphatic carbocycles. The second-order valence-corrected chi connectivity index (χ2v) is 8.54. The van der Waals surface area contributed by atoms with Gasteiger partial charge >= 0.3 is 12.2 Å². The summed E-state index contributed by atoms with van der Waals surface area (Å²) in [5.74, 6) is 0.0602. The van der Waals surface area contributed by atoms with Crippen molar-refractivity contribution in [2.24, 2.45) is 4.99 Å². The number of carbonyl (C=O) groups is 2. The van der Waals surface area contributed by atoms with E-state index in [9.17, 15) is 9.59 Å². The van der Waals surface area contributed by atoms with Crippen molar-refractivity contribution in [2.45, 2.75) is 85.4 Å². The van der Waals surface area contributed by atoms with E-state index < -0.39 is 23.4 Å². The molecule has 2 amide bonds. The molecule has 0 radical (unpaired) electrons. The van der Waals surface area contributed by atoms with Gasteiger partial charge in [-0.05, 0) is 54.0 Å². The van der Waals surface area contributed by atoms with Gasteiger partial charge in [0.1, 0.15) is 11.2 Å². The van der Waals surface area contributed by atoms with E-state index in [4.69, 9.17) is 9.47 Å². The van der Waals surface area contributed by atoms with E-state index in [0.29, 0.717) is 6.54 Å². The fourth-order valence-corrected chi connectivity index (χ4v) is 2.28. The Balaban J connectivity index is 3.21. The van der Waals surface area contributed by atoms with E-state index in [1.165, 1.54) is 9.58 Å². The normalized spacial score (nSPS) is 12.6. The highest BCUT2D eigenvalue weighted by atomic mass is 16.6. The minimum absolute atomic E-state index is 0.0602. The van der Waals surface area contributed by atoms with Crippen LogP contribution in [0.15, 0.2) is 23.5 Å². The lowest BCUT2D eigenvalue weighted by Gasteiger charge is -2.28. The standard InChI is InChI=1S/C20H34N4O4/c1-8-9-10-11-14-23(18(26)28-20(5,6)7)16(24-15-12-13-21-24)22-17(25)27-19(2,3)4/h12-13,15H,8-11,14H2,1-7H3/b22-16+. The van der Waals surface area contributed by atoms with Crippen molar-refractivity contribution in [3.05, 3.63) is 18.5 Å². The van der Waals surface area contributed by atoms with Gasteiger partial charge in [-0.2, -0.15) is 5.10 Å². The number of unbranched alkanes of at least 4 members (excludes halogenated alkanes) is 3. The molecule has 0 aliphatic heterocycles. The Hall–Kier alpha value is -2.38. The van der Waals surface area contributed by atoms with Crippen molar-refractivity contribution in [1.82, 2.24) is 14.7 Å². The zero-order valence-corrected chi connectivity index (χ0v) is 18.2. The molecule has 0 N–H and O–H groups in total. The number of ether oxygens (including phenoxy) is 2. The topological polar surface area (TPSA) is 86.0 Å². The maximum absolute atomic E-state index is 12.9. The number of aliphatic imine (C=N–C) groups is 1. The van der Waals surface area contributed by atoms with Crippen LogP contribution in [-0.4, -0.2) is 50.6 Å². The highest BCUT2D eigenvalue weighted by Gasteiger charge is 2.28. The van der Waals surface area contributed by atoms with Crippen LogP contribution in [0.4, 0.5) is 9.59 Å². The van der Waals surface area contributed by atoms with E-state index in [-0.39, 0.29) is 5.96 Å². The molecule has 0 saturated carbocycles. The first-order chi connectivity index (χ1) is 12.9. The lowest BCUT2D eigenvalue weighted by molar-refractivity contribution is 0.0360. The van der Waals surface area contributed by atoms with Gasteiger partial charge in [0.25, 0.3) is 0 Å². The third-order valence-electron chi connectivity index (χ3n) is 3.38.